The molecule has 2 N–H and O–H groups in total. The maximum absolute atomic E-state index is 13.3. The fraction of sp³-hybridized carbons (Fsp3) is 0.500. The molecule has 3 amide bonds. The van der Waals surface area contributed by atoms with Crippen LogP contribution in [0.15, 0.2) is 54.6 Å². The van der Waals surface area contributed by atoms with E-state index in [1.54, 1.807) is 36.2 Å². The molecule has 3 rings (SSSR count). The Labute approximate surface area is 248 Å². The molecule has 2 aromatic rings. The van der Waals surface area contributed by atoms with E-state index in [1.165, 1.54) is 6.42 Å². The molecule has 8 nitrogen and oxygen atoms in total. The number of alkyl carbamates (subject to hydrolysis) is 1. The highest BCUT2D eigenvalue weighted by atomic mass is 35.5. The highest BCUT2D eigenvalue weighted by molar-refractivity contribution is 6.30. The molecule has 1 fully saturated rings. The van der Waals surface area contributed by atoms with E-state index in [2.05, 4.69) is 17.6 Å². The topological polar surface area (TPSA) is 105 Å². The number of likely N-dealkylation sites (N-methyl/N-ethyl adjacent to an activating group) is 1. The SMILES string of the molecule is CC(CN(C)C(=O)CC[C@H](C=O)NC(=O)[C@@H](CC1CCCCC1)NC(=O)OCc1cccc(Cl)c1)c1ccccc1. The summed E-state index contributed by atoms with van der Waals surface area (Å²) in [5.74, 6) is -0.0950. The summed E-state index contributed by atoms with van der Waals surface area (Å²) in [4.78, 5) is 52.2. The van der Waals surface area contributed by atoms with Gasteiger partial charge in [0.1, 0.15) is 18.9 Å². The van der Waals surface area contributed by atoms with Gasteiger partial charge in [-0.3, -0.25) is 9.59 Å². The van der Waals surface area contributed by atoms with Gasteiger partial charge in [-0.15, -0.1) is 0 Å². The number of carbonyl (C=O) groups is 4. The first kappa shape index (κ1) is 32.1. The molecule has 41 heavy (non-hydrogen) atoms. The summed E-state index contributed by atoms with van der Waals surface area (Å²) >= 11 is 6.01. The third-order valence-electron chi connectivity index (χ3n) is 7.66. The van der Waals surface area contributed by atoms with Gasteiger partial charge < -0.3 is 25.1 Å². The van der Waals surface area contributed by atoms with Gasteiger partial charge in [-0.25, -0.2) is 4.79 Å². The zero-order chi connectivity index (χ0) is 29.6. The van der Waals surface area contributed by atoms with Gasteiger partial charge >= 0.3 is 6.09 Å². The zero-order valence-electron chi connectivity index (χ0n) is 24.0. The minimum Gasteiger partial charge on any atom is -0.445 e. The monoisotopic (exact) mass is 583 g/mol. The summed E-state index contributed by atoms with van der Waals surface area (Å²) in [7, 11) is 1.75. The van der Waals surface area contributed by atoms with E-state index in [0.29, 0.717) is 30.2 Å². The lowest BCUT2D eigenvalue weighted by Crippen LogP contribution is -2.51. The van der Waals surface area contributed by atoms with Crippen LogP contribution in [-0.2, 0) is 25.7 Å². The molecule has 2 aromatic carbocycles. The van der Waals surface area contributed by atoms with Crippen LogP contribution in [0.25, 0.3) is 0 Å². The van der Waals surface area contributed by atoms with Gasteiger partial charge in [-0.2, -0.15) is 0 Å². The van der Waals surface area contributed by atoms with Crippen molar-refractivity contribution in [1.82, 2.24) is 15.5 Å². The molecule has 0 heterocycles. The first-order chi connectivity index (χ1) is 19.7. The Morgan fingerprint density at radius 1 is 1.05 bits per heavy atom. The molecule has 0 aliphatic heterocycles. The number of ether oxygens (including phenoxy) is 1. The maximum Gasteiger partial charge on any atom is 0.408 e. The van der Waals surface area contributed by atoms with Gasteiger partial charge in [0.25, 0.3) is 0 Å². The Kier molecular flexibility index (Phi) is 13.1. The molecule has 1 aliphatic rings. The van der Waals surface area contributed by atoms with E-state index in [0.717, 1.165) is 36.8 Å². The molecular formula is C32H42ClN3O5. The van der Waals surface area contributed by atoms with Crippen molar-refractivity contribution < 1.29 is 23.9 Å². The lowest BCUT2D eigenvalue weighted by molar-refractivity contribution is -0.131. The van der Waals surface area contributed by atoms with Gasteiger partial charge in [0.2, 0.25) is 11.8 Å². The van der Waals surface area contributed by atoms with Crippen LogP contribution in [0.1, 0.15) is 75.3 Å². The lowest BCUT2D eigenvalue weighted by Gasteiger charge is -2.27. The fourth-order valence-electron chi connectivity index (χ4n) is 5.27. The molecule has 0 spiro atoms. The van der Waals surface area contributed by atoms with Crippen molar-refractivity contribution in [1.29, 1.82) is 0 Å². The Balaban J connectivity index is 1.53. The van der Waals surface area contributed by atoms with Crippen molar-refractivity contribution in [2.45, 2.75) is 82.9 Å². The van der Waals surface area contributed by atoms with E-state index >= 15 is 0 Å². The van der Waals surface area contributed by atoms with Crippen LogP contribution < -0.4 is 10.6 Å². The molecule has 9 heteroatoms. The van der Waals surface area contributed by atoms with Crippen LogP contribution in [0.5, 0.6) is 0 Å². The molecule has 222 valence electrons. The zero-order valence-corrected chi connectivity index (χ0v) is 24.8. The largest absolute Gasteiger partial charge is 0.445 e. The van der Waals surface area contributed by atoms with Gasteiger partial charge in [0.15, 0.2) is 0 Å². The Bertz CT molecular complexity index is 1140. The number of amides is 3. The maximum atomic E-state index is 13.3. The lowest BCUT2D eigenvalue weighted by atomic mass is 9.84. The minimum absolute atomic E-state index is 0.0135. The van der Waals surface area contributed by atoms with Crippen LogP contribution in [-0.4, -0.2) is 54.8 Å². The smallest absolute Gasteiger partial charge is 0.408 e. The summed E-state index contributed by atoms with van der Waals surface area (Å²) in [5, 5.41) is 5.98. The van der Waals surface area contributed by atoms with Crippen molar-refractivity contribution in [2.24, 2.45) is 5.92 Å². The van der Waals surface area contributed by atoms with E-state index in [-0.39, 0.29) is 31.3 Å². The molecule has 1 unspecified atom stereocenters. The van der Waals surface area contributed by atoms with Crippen molar-refractivity contribution in [3.63, 3.8) is 0 Å². The van der Waals surface area contributed by atoms with E-state index in [9.17, 15) is 19.2 Å². The van der Waals surface area contributed by atoms with E-state index in [1.807, 2.05) is 30.3 Å². The quantitative estimate of drug-likeness (QED) is 0.280. The second-order valence-corrected chi connectivity index (χ2v) is 11.5. The van der Waals surface area contributed by atoms with E-state index in [4.69, 9.17) is 16.3 Å². The number of hydrogen-bond donors (Lipinski definition) is 2. The highest BCUT2D eigenvalue weighted by Crippen LogP contribution is 2.27. The Morgan fingerprint density at radius 3 is 2.46 bits per heavy atom. The number of aldehydes is 1. The fourth-order valence-corrected chi connectivity index (χ4v) is 5.49. The van der Waals surface area contributed by atoms with Crippen molar-refractivity contribution >= 4 is 35.8 Å². The predicted molar refractivity (Wildman–Crippen MR) is 159 cm³/mol. The number of carbonyl (C=O) groups excluding carboxylic acids is 4. The first-order valence-electron chi connectivity index (χ1n) is 14.5. The Morgan fingerprint density at radius 2 is 1.78 bits per heavy atom. The molecule has 3 atom stereocenters. The van der Waals surface area contributed by atoms with Crippen molar-refractivity contribution in [3.8, 4) is 0 Å². The molecule has 1 saturated carbocycles. The van der Waals surface area contributed by atoms with Gasteiger partial charge in [0.05, 0.1) is 6.04 Å². The van der Waals surface area contributed by atoms with E-state index < -0.39 is 24.1 Å². The predicted octanol–water partition coefficient (Wildman–Crippen LogP) is 5.63. The second kappa shape index (κ2) is 16.8. The average Bonchev–Trinajstić information content (AvgIpc) is 2.98. The third kappa shape index (κ3) is 11.2. The Hall–Kier alpha value is -3.39. The van der Waals surface area contributed by atoms with Gasteiger partial charge in [-0.05, 0) is 47.9 Å². The van der Waals surface area contributed by atoms with Crippen LogP contribution in [0.2, 0.25) is 5.02 Å². The normalized spacial score (nSPS) is 15.7. The number of nitrogens with one attached hydrogen (secondary N) is 2. The summed E-state index contributed by atoms with van der Waals surface area (Å²) in [6.07, 6.45) is 6.01. The molecule has 0 radical (unpaired) electrons. The molecule has 0 aromatic heterocycles. The number of nitrogens with zero attached hydrogens (tertiary/aromatic N) is 1. The average molecular weight is 584 g/mol. The summed E-state index contributed by atoms with van der Waals surface area (Å²) < 4.78 is 5.34. The number of benzene rings is 2. The van der Waals surface area contributed by atoms with Crippen molar-refractivity contribution in [2.75, 3.05) is 13.6 Å². The summed E-state index contributed by atoms with van der Waals surface area (Å²) in [5.41, 5.74) is 1.88. The summed E-state index contributed by atoms with van der Waals surface area (Å²) in [6, 6.07) is 15.3. The number of hydrogen-bond acceptors (Lipinski definition) is 5. The molecule has 0 saturated heterocycles. The first-order valence-corrected chi connectivity index (χ1v) is 14.8. The highest BCUT2D eigenvalue weighted by Gasteiger charge is 2.28. The minimum atomic E-state index is -0.850. The van der Waals surface area contributed by atoms with Crippen molar-refractivity contribution in [3.05, 3.63) is 70.7 Å². The van der Waals surface area contributed by atoms with Crippen LogP contribution in [0, 0.1) is 5.92 Å². The van der Waals surface area contributed by atoms with Crippen LogP contribution in [0.4, 0.5) is 4.79 Å². The number of rotatable bonds is 14. The third-order valence-corrected chi connectivity index (χ3v) is 7.90. The van der Waals surface area contributed by atoms with Gasteiger partial charge in [-0.1, -0.05) is 93.1 Å². The molecule has 1 aliphatic carbocycles. The second-order valence-electron chi connectivity index (χ2n) is 11.0. The molecular weight excluding hydrogens is 542 g/mol. The van der Waals surface area contributed by atoms with Gasteiger partial charge in [0, 0.05) is 25.0 Å². The van der Waals surface area contributed by atoms with Crippen LogP contribution in [0.3, 0.4) is 0 Å². The standard InChI is InChI=1S/C32H42ClN3O5/c1-23(26-13-7-4-8-14-26)20-36(2)30(38)17-16-28(21-37)34-31(39)29(19-24-10-5-3-6-11-24)35-32(40)41-22-25-12-9-15-27(33)18-25/h4,7-9,12-15,18,21,23-24,28-29H,3,5-6,10-11,16-17,19-20,22H2,1-2H3,(H,34,39)(H,35,40)/t23?,28-,29-/m1/s1. The van der Waals surface area contributed by atoms with Crippen LogP contribution >= 0.6 is 11.6 Å². The number of halogens is 1. The summed E-state index contributed by atoms with van der Waals surface area (Å²) in [6.45, 7) is 2.62. The molecule has 0 bridgehead atoms.